The molecule has 1 heterocycles. The van der Waals surface area contributed by atoms with Gasteiger partial charge in [-0.15, -0.1) is 0 Å². The minimum Gasteiger partial charge on any atom is -0.379 e. The van der Waals surface area contributed by atoms with Gasteiger partial charge in [0, 0.05) is 12.6 Å². The van der Waals surface area contributed by atoms with Crippen LogP contribution < -0.4 is 0 Å². The summed E-state index contributed by atoms with van der Waals surface area (Å²) in [6.45, 7) is 6.59. The van der Waals surface area contributed by atoms with E-state index in [4.69, 9.17) is 4.74 Å². The van der Waals surface area contributed by atoms with E-state index in [1.54, 1.807) is 0 Å². The fourth-order valence-electron chi connectivity index (χ4n) is 1.85. The Morgan fingerprint density at radius 1 is 1.42 bits per heavy atom. The van der Waals surface area contributed by atoms with Gasteiger partial charge < -0.3 is 4.74 Å². The molecule has 2 heteroatoms. The molecule has 2 aliphatic rings. The highest BCUT2D eigenvalue weighted by Crippen LogP contribution is 2.32. The molecule has 2 nitrogen and oxygen atoms in total. The van der Waals surface area contributed by atoms with E-state index in [1.807, 2.05) is 0 Å². The number of hydrogen-bond donors (Lipinski definition) is 0. The van der Waals surface area contributed by atoms with Crippen LogP contribution in [0.1, 0.15) is 26.2 Å². The van der Waals surface area contributed by atoms with Gasteiger partial charge in [0.2, 0.25) is 0 Å². The van der Waals surface area contributed by atoms with E-state index >= 15 is 0 Å². The third kappa shape index (κ3) is 2.20. The van der Waals surface area contributed by atoms with Crippen molar-refractivity contribution in [1.29, 1.82) is 0 Å². The Labute approximate surface area is 74.9 Å². The van der Waals surface area contributed by atoms with Gasteiger partial charge in [0.1, 0.15) is 0 Å². The highest BCUT2D eigenvalue weighted by Gasteiger charge is 2.24. The SMILES string of the molecule is C[C@@H]1COCCN1CCC1CC1. The summed E-state index contributed by atoms with van der Waals surface area (Å²) >= 11 is 0. The van der Waals surface area contributed by atoms with Gasteiger partial charge in [-0.2, -0.15) is 0 Å². The van der Waals surface area contributed by atoms with E-state index in [0.717, 1.165) is 25.7 Å². The lowest BCUT2D eigenvalue weighted by Crippen LogP contribution is -2.44. The van der Waals surface area contributed by atoms with Crippen LogP contribution in [0.5, 0.6) is 0 Å². The van der Waals surface area contributed by atoms with Crippen LogP contribution in [0.25, 0.3) is 0 Å². The molecule has 1 atom stereocenters. The number of nitrogens with zero attached hydrogens (tertiary/aromatic N) is 1. The predicted octanol–water partition coefficient (Wildman–Crippen LogP) is 1.51. The summed E-state index contributed by atoms with van der Waals surface area (Å²) in [7, 11) is 0. The van der Waals surface area contributed by atoms with Crippen molar-refractivity contribution in [2.24, 2.45) is 5.92 Å². The topological polar surface area (TPSA) is 12.5 Å². The first-order chi connectivity index (χ1) is 5.86. The molecular weight excluding hydrogens is 150 g/mol. The number of hydrogen-bond acceptors (Lipinski definition) is 2. The normalized spacial score (nSPS) is 32.2. The zero-order valence-electron chi connectivity index (χ0n) is 7.96. The van der Waals surface area contributed by atoms with E-state index in [9.17, 15) is 0 Å². The molecule has 0 spiro atoms. The standard InChI is InChI=1S/C10H19NO/c1-9-8-12-7-6-11(9)5-4-10-2-3-10/h9-10H,2-8H2,1H3/t9-/m1/s1. The first-order valence-electron chi connectivity index (χ1n) is 5.18. The van der Waals surface area contributed by atoms with Gasteiger partial charge in [0.25, 0.3) is 0 Å². The lowest BCUT2D eigenvalue weighted by molar-refractivity contribution is -0.00127. The molecule has 0 N–H and O–H groups in total. The van der Waals surface area contributed by atoms with Crippen molar-refractivity contribution < 1.29 is 4.74 Å². The maximum atomic E-state index is 5.39. The molecule has 1 saturated carbocycles. The van der Waals surface area contributed by atoms with Gasteiger partial charge in [-0.05, 0) is 25.8 Å². The van der Waals surface area contributed by atoms with Crippen LogP contribution in [0.2, 0.25) is 0 Å². The Bertz CT molecular complexity index is 145. The van der Waals surface area contributed by atoms with E-state index in [2.05, 4.69) is 11.8 Å². The zero-order valence-corrected chi connectivity index (χ0v) is 7.96. The minimum atomic E-state index is 0.650. The number of ether oxygens (including phenoxy) is 1. The highest BCUT2D eigenvalue weighted by molar-refractivity contribution is 4.77. The Morgan fingerprint density at radius 2 is 2.25 bits per heavy atom. The maximum Gasteiger partial charge on any atom is 0.0619 e. The lowest BCUT2D eigenvalue weighted by atomic mass is 10.2. The smallest absolute Gasteiger partial charge is 0.0619 e. The van der Waals surface area contributed by atoms with Gasteiger partial charge in [-0.3, -0.25) is 4.90 Å². The van der Waals surface area contributed by atoms with Crippen molar-refractivity contribution in [3.05, 3.63) is 0 Å². The van der Waals surface area contributed by atoms with Gasteiger partial charge in [-0.1, -0.05) is 12.8 Å². The van der Waals surface area contributed by atoms with E-state index in [0.29, 0.717) is 6.04 Å². The average Bonchev–Trinajstić information content (AvgIpc) is 2.86. The van der Waals surface area contributed by atoms with Crippen LogP contribution in [-0.2, 0) is 4.74 Å². The first kappa shape index (κ1) is 8.52. The van der Waals surface area contributed by atoms with Gasteiger partial charge in [0.05, 0.1) is 13.2 Å². The molecule has 0 aromatic rings. The molecule has 0 amide bonds. The largest absolute Gasteiger partial charge is 0.379 e. The molecule has 0 bridgehead atoms. The monoisotopic (exact) mass is 169 g/mol. The van der Waals surface area contributed by atoms with Crippen molar-refractivity contribution in [3.8, 4) is 0 Å². The second-order valence-corrected chi connectivity index (χ2v) is 4.19. The lowest BCUT2D eigenvalue weighted by Gasteiger charge is -2.33. The van der Waals surface area contributed by atoms with Crippen LogP contribution in [0.15, 0.2) is 0 Å². The molecule has 2 rings (SSSR count). The zero-order chi connectivity index (χ0) is 8.39. The Balaban J connectivity index is 1.68. The summed E-state index contributed by atoms with van der Waals surface area (Å²) < 4.78 is 5.39. The van der Waals surface area contributed by atoms with Crippen LogP contribution in [0.4, 0.5) is 0 Å². The third-order valence-electron chi connectivity index (χ3n) is 3.03. The molecular formula is C10H19NO. The quantitative estimate of drug-likeness (QED) is 0.635. The Kier molecular flexibility index (Phi) is 2.66. The molecule has 0 aromatic heterocycles. The van der Waals surface area contributed by atoms with E-state index in [1.165, 1.54) is 25.8 Å². The molecule has 2 fully saturated rings. The van der Waals surface area contributed by atoms with Crippen LogP contribution in [0, 0.1) is 5.92 Å². The summed E-state index contributed by atoms with van der Waals surface area (Å²) in [4.78, 5) is 2.57. The Hall–Kier alpha value is -0.0800. The van der Waals surface area contributed by atoms with Gasteiger partial charge in [-0.25, -0.2) is 0 Å². The minimum absolute atomic E-state index is 0.650. The molecule has 0 aromatic carbocycles. The molecule has 70 valence electrons. The van der Waals surface area contributed by atoms with E-state index < -0.39 is 0 Å². The van der Waals surface area contributed by atoms with Crippen LogP contribution >= 0.6 is 0 Å². The molecule has 1 saturated heterocycles. The summed E-state index contributed by atoms with van der Waals surface area (Å²) in [6, 6.07) is 0.650. The maximum absolute atomic E-state index is 5.39. The van der Waals surface area contributed by atoms with Crippen molar-refractivity contribution in [2.75, 3.05) is 26.3 Å². The van der Waals surface area contributed by atoms with Crippen LogP contribution in [-0.4, -0.2) is 37.2 Å². The summed E-state index contributed by atoms with van der Waals surface area (Å²) in [5.74, 6) is 1.07. The van der Waals surface area contributed by atoms with Crippen molar-refractivity contribution >= 4 is 0 Å². The number of rotatable bonds is 3. The van der Waals surface area contributed by atoms with Crippen molar-refractivity contribution in [3.63, 3.8) is 0 Å². The fourth-order valence-corrected chi connectivity index (χ4v) is 1.85. The van der Waals surface area contributed by atoms with Gasteiger partial charge in [0.15, 0.2) is 0 Å². The highest BCUT2D eigenvalue weighted by atomic mass is 16.5. The first-order valence-corrected chi connectivity index (χ1v) is 5.18. The molecule has 12 heavy (non-hydrogen) atoms. The number of morpholine rings is 1. The van der Waals surface area contributed by atoms with Crippen molar-refractivity contribution in [2.45, 2.75) is 32.2 Å². The summed E-state index contributed by atoms with van der Waals surface area (Å²) in [6.07, 6.45) is 4.39. The predicted molar refractivity (Wildman–Crippen MR) is 49.2 cm³/mol. The average molecular weight is 169 g/mol. The van der Waals surface area contributed by atoms with Crippen molar-refractivity contribution in [1.82, 2.24) is 4.90 Å². The third-order valence-corrected chi connectivity index (χ3v) is 3.03. The van der Waals surface area contributed by atoms with Crippen LogP contribution in [0.3, 0.4) is 0 Å². The molecule has 0 unspecified atom stereocenters. The molecule has 0 radical (unpaired) electrons. The second kappa shape index (κ2) is 3.75. The summed E-state index contributed by atoms with van der Waals surface area (Å²) in [5.41, 5.74) is 0. The molecule has 1 aliphatic carbocycles. The van der Waals surface area contributed by atoms with E-state index in [-0.39, 0.29) is 0 Å². The molecule has 1 aliphatic heterocycles. The Morgan fingerprint density at radius 3 is 2.92 bits per heavy atom. The van der Waals surface area contributed by atoms with Gasteiger partial charge >= 0.3 is 0 Å². The second-order valence-electron chi connectivity index (χ2n) is 4.19. The fraction of sp³-hybridized carbons (Fsp3) is 1.00. The summed E-state index contributed by atoms with van der Waals surface area (Å²) in [5, 5.41) is 0.